The van der Waals surface area contributed by atoms with E-state index in [4.69, 9.17) is 0 Å². The number of hydrogen-bond acceptors (Lipinski definition) is 6. The summed E-state index contributed by atoms with van der Waals surface area (Å²) >= 11 is 0. The molecule has 16 heteroatoms. The molecular formula is C25H23F6N5O4S. The second-order valence-corrected chi connectivity index (χ2v) is 12.9. The topological polar surface area (TPSA) is 125 Å². The van der Waals surface area contributed by atoms with Gasteiger partial charge in [-0.15, -0.1) is 0 Å². The molecule has 2 aliphatic carbocycles. The van der Waals surface area contributed by atoms with Gasteiger partial charge < -0.3 is 10.2 Å². The Kier molecular flexibility index (Phi) is 6.48. The van der Waals surface area contributed by atoms with Gasteiger partial charge in [0.15, 0.2) is 15.5 Å². The van der Waals surface area contributed by atoms with Crippen molar-refractivity contribution in [1.29, 1.82) is 5.26 Å². The highest BCUT2D eigenvalue weighted by atomic mass is 32.2. The van der Waals surface area contributed by atoms with Crippen LogP contribution in [0.2, 0.25) is 0 Å². The normalized spacial score (nSPS) is 23.1. The van der Waals surface area contributed by atoms with Crippen LogP contribution in [0.15, 0.2) is 35.2 Å². The van der Waals surface area contributed by atoms with E-state index in [0.29, 0.717) is 17.7 Å². The van der Waals surface area contributed by atoms with Gasteiger partial charge in [0, 0.05) is 12.2 Å². The molecule has 2 unspecified atom stereocenters. The molecule has 1 N–H and O–H groups in total. The van der Waals surface area contributed by atoms with E-state index in [1.807, 2.05) is 6.07 Å². The summed E-state index contributed by atoms with van der Waals surface area (Å²) in [6.45, 7) is 0.708. The Bertz CT molecular complexity index is 1550. The minimum Gasteiger partial charge on any atom is -0.336 e. The van der Waals surface area contributed by atoms with Gasteiger partial charge in [-0.3, -0.25) is 9.59 Å². The summed E-state index contributed by atoms with van der Waals surface area (Å²) < 4.78 is 108. The standard InChI is InChI=1S/C25H23F6N5O4S/c1-14-10-19(24(26,27)28)34-36(14)15-2-4-16(5-3-15)41(39,40)17-11-18(20(37)33-22(13-32)6-7-22)35(12-17)21(38)23(8-9-23)25(29,30)31/h2-5,10,17-18H,6-9,11-12H2,1H3,(H,33,37). The number of likely N-dealkylation sites (tertiary alicyclic amines) is 1. The average molecular weight is 604 g/mol. The molecule has 3 aliphatic rings. The lowest BCUT2D eigenvalue weighted by atomic mass is 10.0. The van der Waals surface area contributed by atoms with E-state index in [0.717, 1.165) is 22.9 Å². The number of carbonyl (C=O) groups is 2. The highest BCUT2D eigenvalue weighted by Gasteiger charge is 2.70. The third-order valence-electron chi connectivity index (χ3n) is 7.88. The van der Waals surface area contributed by atoms with Crippen LogP contribution in [0, 0.1) is 23.7 Å². The van der Waals surface area contributed by atoms with Crippen molar-refractivity contribution < 1.29 is 44.3 Å². The average Bonchev–Trinajstić information content (AvgIpc) is 3.78. The molecule has 3 fully saturated rings. The van der Waals surface area contributed by atoms with Crippen molar-refractivity contribution in [1.82, 2.24) is 20.0 Å². The van der Waals surface area contributed by atoms with E-state index in [-0.39, 0.29) is 16.3 Å². The number of nitriles is 1. The van der Waals surface area contributed by atoms with Gasteiger partial charge in [-0.05, 0) is 69.4 Å². The predicted octanol–water partition coefficient (Wildman–Crippen LogP) is 3.46. The van der Waals surface area contributed by atoms with E-state index in [1.165, 1.54) is 19.1 Å². The minimum atomic E-state index is -4.89. The summed E-state index contributed by atoms with van der Waals surface area (Å²) in [7, 11) is -4.32. The molecule has 1 aromatic carbocycles. The van der Waals surface area contributed by atoms with Crippen LogP contribution in [0.1, 0.15) is 43.5 Å². The van der Waals surface area contributed by atoms with Crippen molar-refractivity contribution in [3.8, 4) is 11.8 Å². The number of amides is 2. The smallest absolute Gasteiger partial charge is 0.336 e. The number of rotatable bonds is 6. The molecule has 1 aromatic heterocycles. The van der Waals surface area contributed by atoms with Crippen LogP contribution < -0.4 is 5.32 Å². The van der Waals surface area contributed by atoms with Gasteiger partial charge in [-0.2, -0.15) is 36.7 Å². The monoisotopic (exact) mass is 603 g/mol. The van der Waals surface area contributed by atoms with Crippen LogP contribution in [0.25, 0.3) is 5.69 Å². The first kappa shape index (κ1) is 28.9. The Balaban J connectivity index is 1.42. The third-order valence-corrected chi connectivity index (χ3v) is 10.0. The number of carbonyl (C=O) groups excluding carboxylic acids is 2. The van der Waals surface area contributed by atoms with Crippen LogP contribution in [0.5, 0.6) is 0 Å². The quantitative estimate of drug-likeness (QED) is 0.505. The Morgan fingerprint density at radius 2 is 1.68 bits per heavy atom. The van der Waals surface area contributed by atoms with Gasteiger partial charge in [-0.25, -0.2) is 13.1 Å². The maximum absolute atomic E-state index is 13.8. The largest absolute Gasteiger partial charge is 0.435 e. The predicted molar refractivity (Wildman–Crippen MR) is 128 cm³/mol. The third kappa shape index (κ3) is 4.93. The van der Waals surface area contributed by atoms with E-state index >= 15 is 0 Å². The van der Waals surface area contributed by atoms with Crippen molar-refractivity contribution >= 4 is 21.7 Å². The SMILES string of the molecule is Cc1cc(C(F)(F)F)nn1-c1ccc(S(=O)(=O)C2CC(C(=O)NC3(C#N)CC3)N(C(=O)C3(C(F)(F)F)CC3)C2)cc1. The summed E-state index contributed by atoms with van der Waals surface area (Å²) in [5, 5.41) is 13.8. The fourth-order valence-corrected chi connectivity index (χ4v) is 6.76. The molecule has 2 heterocycles. The number of benzene rings is 1. The van der Waals surface area contributed by atoms with E-state index in [1.54, 1.807) is 0 Å². The van der Waals surface area contributed by atoms with Gasteiger partial charge in [-0.1, -0.05) is 0 Å². The summed E-state index contributed by atoms with van der Waals surface area (Å²) in [4.78, 5) is 26.6. The van der Waals surface area contributed by atoms with Gasteiger partial charge in [0.05, 0.1) is 21.9 Å². The minimum absolute atomic E-state index is 0.129. The van der Waals surface area contributed by atoms with Crippen molar-refractivity contribution in [3.63, 3.8) is 0 Å². The fraction of sp³-hybridized carbons (Fsp3) is 0.520. The number of aromatic nitrogens is 2. The molecule has 220 valence electrons. The Labute approximate surface area is 230 Å². The van der Waals surface area contributed by atoms with Crippen LogP contribution in [-0.2, 0) is 25.6 Å². The van der Waals surface area contributed by atoms with Crippen LogP contribution >= 0.6 is 0 Å². The summed E-state index contributed by atoms with van der Waals surface area (Å²) in [5.41, 5.74) is -4.75. The molecule has 2 aromatic rings. The van der Waals surface area contributed by atoms with E-state index in [9.17, 15) is 49.6 Å². The molecule has 41 heavy (non-hydrogen) atoms. The highest BCUT2D eigenvalue weighted by molar-refractivity contribution is 7.92. The zero-order valence-electron chi connectivity index (χ0n) is 21.4. The van der Waals surface area contributed by atoms with Crippen molar-refractivity contribution in [2.45, 2.75) is 73.1 Å². The summed E-state index contributed by atoms with van der Waals surface area (Å²) in [6.07, 6.45) is -10.4. The number of nitrogens with one attached hydrogen (secondary N) is 1. The van der Waals surface area contributed by atoms with Gasteiger partial charge in [0.2, 0.25) is 11.8 Å². The van der Waals surface area contributed by atoms with Crippen molar-refractivity contribution in [2.75, 3.05) is 6.54 Å². The molecule has 0 bridgehead atoms. The second-order valence-electron chi connectivity index (χ2n) is 10.7. The maximum Gasteiger partial charge on any atom is 0.435 e. The number of nitrogens with zero attached hydrogens (tertiary/aromatic N) is 4. The molecule has 9 nitrogen and oxygen atoms in total. The number of hydrogen-bond donors (Lipinski definition) is 1. The molecule has 2 atom stereocenters. The fourth-order valence-electron chi connectivity index (χ4n) is 5.07. The van der Waals surface area contributed by atoms with Gasteiger partial charge >= 0.3 is 12.4 Å². The number of halogens is 6. The zero-order valence-corrected chi connectivity index (χ0v) is 22.2. The number of aryl methyl sites for hydroxylation is 1. The summed E-state index contributed by atoms with van der Waals surface area (Å²) in [5.74, 6) is -2.28. The zero-order chi connectivity index (χ0) is 30.2. The van der Waals surface area contributed by atoms with E-state index in [2.05, 4.69) is 10.4 Å². The van der Waals surface area contributed by atoms with Crippen molar-refractivity contribution in [2.24, 2.45) is 5.41 Å². The summed E-state index contributed by atoms with van der Waals surface area (Å²) in [6, 6.07) is 5.88. The van der Waals surface area contributed by atoms with Gasteiger partial charge in [0.25, 0.3) is 0 Å². The highest BCUT2D eigenvalue weighted by Crippen LogP contribution is 2.59. The first-order chi connectivity index (χ1) is 18.9. The van der Waals surface area contributed by atoms with Crippen molar-refractivity contribution in [3.05, 3.63) is 41.7 Å². The van der Waals surface area contributed by atoms with Gasteiger partial charge in [0.1, 0.15) is 17.0 Å². The lowest BCUT2D eigenvalue weighted by Gasteiger charge is -2.29. The molecule has 1 aliphatic heterocycles. The number of sulfone groups is 1. The Morgan fingerprint density at radius 3 is 2.15 bits per heavy atom. The first-order valence-electron chi connectivity index (χ1n) is 12.5. The Morgan fingerprint density at radius 1 is 1.07 bits per heavy atom. The van der Waals surface area contributed by atoms with Crippen LogP contribution in [-0.4, -0.2) is 64.5 Å². The first-order valence-corrected chi connectivity index (χ1v) is 14.1. The molecule has 2 amide bonds. The van der Waals surface area contributed by atoms with E-state index < -0.39 is 87.8 Å². The molecule has 2 saturated carbocycles. The molecular weight excluding hydrogens is 580 g/mol. The molecule has 5 rings (SSSR count). The van der Waals surface area contributed by atoms with Crippen LogP contribution in [0.4, 0.5) is 26.3 Å². The van der Waals surface area contributed by atoms with Crippen LogP contribution in [0.3, 0.4) is 0 Å². The molecule has 1 saturated heterocycles. The lowest BCUT2D eigenvalue weighted by molar-refractivity contribution is -0.199. The second kappa shape index (κ2) is 9.20. The lowest BCUT2D eigenvalue weighted by Crippen LogP contribution is -2.53. The maximum atomic E-state index is 13.8. The number of alkyl halides is 6. The Hall–Kier alpha value is -3.61. The molecule has 0 spiro atoms. The molecule has 0 radical (unpaired) electrons.